The Balaban J connectivity index is 2.60. The summed E-state index contributed by atoms with van der Waals surface area (Å²) in [5, 5.41) is 0. The molecule has 0 saturated carbocycles. The average molecular weight is 282 g/mol. The van der Waals surface area contributed by atoms with E-state index in [1.165, 1.54) is 9.75 Å². The van der Waals surface area contributed by atoms with Crippen LogP contribution in [-0.2, 0) is 10.8 Å². The Kier molecular flexibility index (Phi) is 3.63. The van der Waals surface area contributed by atoms with Crippen molar-refractivity contribution in [2.45, 2.75) is 71.8 Å². The summed E-state index contributed by atoms with van der Waals surface area (Å²) in [4.78, 5) is 2.65. The molecule has 1 unspecified atom stereocenters. The number of ether oxygens (including phenoxy) is 2. The van der Waals surface area contributed by atoms with Crippen molar-refractivity contribution in [3.8, 4) is 11.5 Å². The lowest BCUT2D eigenvalue weighted by Crippen LogP contribution is -2.27. The molecular weight excluding hydrogens is 256 g/mol. The highest BCUT2D eigenvalue weighted by Gasteiger charge is 2.37. The Bertz CT molecular complexity index is 466. The Hall–Kier alpha value is -0.700. The maximum absolute atomic E-state index is 6.11. The van der Waals surface area contributed by atoms with Gasteiger partial charge in [0.2, 0.25) is 0 Å². The van der Waals surface area contributed by atoms with E-state index in [0.717, 1.165) is 17.9 Å². The third-order valence-corrected chi connectivity index (χ3v) is 5.73. The molecule has 1 aromatic rings. The quantitative estimate of drug-likeness (QED) is 0.768. The minimum absolute atomic E-state index is 0.0980. The molecule has 0 spiro atoms. The summed E-state index contributed by atoms with van der Waals surface area (Å²) in [6, 6.07) is 0. The summed E-state index contributed by atoms with van der Waals surface area (Å²) in [6.07, 6.45) is 1.24. The molecule has 2 heterocycles. The highest BCUT2D eigenvalue weighted by atomic mass is 32.1. The molecule has 2 rings (SSSR count). The van der Waals surface area contributed by atoms with Crippen molar-refractivity contribution in [3.05, 3.63) is 9.75 Å². The van der Waals surface area contributed by atoms with Crippen LogP contribution < -0.4 is 9.47 Å². The summed E-state index contributed by atoms with van der Waals surface area (Å²) in [6.45, 7) is 16.2. The molecule has 1 aromatic heterocycles. The van der Waals surface area contributed by atoms with Crippen LogP contribution in [0.25, 0.3) is 0 Å². The number of thiophene rings is 1. The van der Waals surface area contributed by atoms with Gasteiger partial charge in [0.25, 0.3) is 0 Å². The van der Waals surface area contributed by atoms with Gasteiger partial charge in [-0.25, -0.2) is 0 Å². The second-order valence-electron chi connectivity index (χ2n) is 7.15. The van der Waals surface area contributed by atoms with E-state index in [0.29, 0.717) is 6.61 Å². The van der Waals surface area contributed by atoms with Gasteiger partial charge in [0.1, 0.15) is 12.7 Å². The second-order valence-corrected chi connectivity index (χ2v) is 8.17. The van der Waals surface area contributed by atoms with E-state index in [1.54, 1.807) is 0 Å². The Morgan fingerprint density at radius 2 is 1.74 bits per heavy atom. The van der Waals surface area contributed by atoms with Gasteiger partial charge < -0.3 is 9.47 Å². The van der Waals surface area contributed by atoms with E-state index in [-0.39, 0.29) is 16.9 Å². The van der Waals surface area contributed by atoms with Gasteiger partial charge in [-0.3, -0.25) is 0 Å². The Morgan fingerprint density at radius 3 is 2.26 bits per heavy atom. The molecule has 0 aliphatic carbocycles. The fraction of sp³-hybridized carbons (Fsp3) is 0.750. The lowest BCUT2D eigenvalue weighted by atomic mass is 9.87. The predicted molar refractivity (Wildman–Crippen MR) is 81.9 cm³/mol. The topological polar surface area (TPSA) is 18.5 Å². The van der Waals surface area contributed by atoms with E-state index >= 15 is 0 Å². The molecule has 0 fully saturated rings. The fourth-order valence-corrected chi connectivity index (χ4v) is 3.58. The maximum atomic E-state index is 6.11. The number of rotatable bonds is 2. The molecular formula is C16H26O2S. The molecule has 0 radical (unpaired) electrons. The van der Waals surface area contributed by atoms with Crippen molar-refractivity contribution in [3.63, 3.8) is 0 Å². The largest absolute Gasteiger partial charge is 0.485 e. The van der Waals surface area contributed by atoms with Gasteiger partial charge >= 0.3 is 0 Å². The van der Waals surface area contributed by atoms with Crippen LogP contribution in [0, 0.1) is 0 Å². The first kappa shape index (κ1) is 14.7. The molecule has 0 amide bonds. The Labute approximate surface area is 121 Å². The first-order valence-electron chi connectivity index (χ1n) is 7.14. The Morgan fingerprint density at radius 1 is 1.11 bits per heavy atom. The molecule has 0 aromatic carbocycles. The van der Waals surface area contributed by atoms with E-state index < -0.39 is 0 Å². The van der Waals surface area contributed by atoms with Gasteiger partial charge in [0, 0.05) is 10.8 Å². The minimum atomic E-state index is 0.0980. The van der Waals surface area contributed by atoms with Crippen LogP contribution in [0.5, 0.6) is 11.5 Å². The van der Waals surface area contributed by atoms with Crippen LogP contribution in [0.2, 0.25) is 0 Å². The first-order valence-corrected chi connectivity index (χ1v) is 7.95. The zero-order valence-corrected chi connectivity index (χ0v) is 14.0. The van der Waals surface area contributed by atoms with Crippen molar-refractivity contribution in [1.29, 1.82) is 0 Å². The van der Waals surface area contributed by atoms with Crippen molar-refractivity contribution >= 4 is 11.3 Å². The lowest BCUT2D eigenvalue weighted by Gasteiger charge is -2.28. The van der Waals surface area contributed by atoms with Crippen molar-refractivity contribution < 1.29 is 9.47 Å². The van der Waals surface area contributed by atoms with Crippen LogP contribution in [-0.4, -0.2) is 12.7 Å². The molecule has 108 valence electrons. The van der Waals surface area contributed by atoms with Crippen LogP contribution in [0.3, 0.4) is 0 Å². The summed E-state index contributed by atoms with van der Waals surface area (Å²) in [5.74, 6) is 1.99. The zero-order valence-electron chi connectivity index (χ0n) is 13.2. The molecule has 3 heteroatoms. The summed E-state index contributed by atoms with van der Waals surface area (Å²) >= 11 is 1.87. The molecule has 1 aliphatic rings. The van der Waals surface area contributed by atoms with E-state index in [9.17, 15) is 0 Å². The standard InChI is InChI=1S/C16H26O2S/c1-8-16(6,7)14-12-11(17-9-10(2)18-12)13(19-14)15(3,4)5/h10H,8-9H2,1-7H3. The molecule has 0 bridgehead atoms. The molecule has 2 nitrogen and oxygen atoms in total. The highest BCUT2D eigenvalue weighted by molar-refractivity contribution is 7.13. The van der Waals surface area contributed by atoms with E-state index in [1.807, 2.05) is 11.3 Å². The number of fused-ring (bicyclic) bond motifs is 1. The smallest absolute Gasteiger partial charge is 0.176 e. The summed E-state index contributed by atoms with van der Waals surface area (Å²) in [7, 11) is 0. The molecule has 19 heavy (non-hydrogen) atoms. The fourth-order valence-electron chi connectivity index (χ4n) is 2.17. The molecule has 0 saturated heterocycles. The lowest BCUT2D eigenvalue weighted by molar-refractivity contribution is 0.101. The second kappa shape index (κ2) is 4.69. The SMILES string of the molecule is CCC(C)(C)c1sc(C(C)(C)C)c2c1OC(C)CO2. The normalized spacial score (nSPS) is 19.6. The van der Waals surface area contributed by atoms with Crippen LogP contribution in [0.15, 0.2) is 0 Å². The predicted octanol–water partition coefficient (Wildman–Crippen LogP) is 4.89. The van der Waals surface area contributed by atoms with Gasteiger partial charge in [0.05, 0.1) is 9.75 Å². The van der Waals surface area contributed by atoms with Gasteiger partial charge in [-0.05, 0) is 13.3 Å². The third-order valence-electron chi connectivity index (χ3n) is 3.78. The van der Waals surface area contributed by atoms with Crippen molar-refractivity contribution in [2.75, 3.05) is 6.61 Å². The molecule has 0 N–H and O–H groups in total. The monoisotopic (exact) mass is 282 g/mol. The highest BCUT2D eigenvalue weighted by Crippen LogP contribution is 2.53. The van der Waals surface area contributed by atoms with E-state index in [2.05, 4.69) is 48.5 Å². The number of hydrogen-bond acceptors (Lipinski definition) is 3. The third kappa shape index (κ3) is 2.62. The van der Waals surface area contributed by atoms with Gasteiger partial charge in [-0.2, -0.15) is 0 Å². The van der Waals surface area contributed by atoms with E-state index in [4.69, 9.17) is 9.47 Å². The van der Waals surface area contributed by atoms with Gasteiger partial charge in [0.15, 0.2) is 11.5 Å². The average Bonchev–Trinajstić information content (AvgIpc) is 2.67. The summed E-state index contributed by atoms with van der Waals surface area (Å²) < 4.78 is 12.1. The van der Waals surface area contributed by atoms with Crippen LogP contribution in [0.1, 0.15) is 64.6 Å². The van der Waals surface area contributed by atoms with Crippen LogP contribution in [0.4, 0.5) is 0 Å². The van der Waals surface area contributed by atoms with Crippen molar-refractivity contribution in [1.82, 2.24) is 0 Å². The van der Waals surface area contributed by atoms with Crippen LogP contribution >= 0.6 is 11.3 Å². The van der Waals surface area contributed by atoms with Gasteiger partial charge in [-0.15, -0.1) is 11.3 Å². The minimum Gasteiger partial charge on any atom is -0.485 e. The first-order chi connectivity index (χ1) is 8.66. The van der Waals surface area contributed by atoms with Gasteiger partial charge in [-0.1, -0.05) is 41.5 Å². The zero-order chi connectivity index (χ0) is 14.4. The molecule has 1 atom stereocenters. The van der Waals surface area contributed by atoms with Crippen molar-refractivity contribution in [2.24, 2.45) is 0 Å². The number of hydrogen-bond donors (Lipinski definition) is 0. The maximum Gasteiger partial charge on any atom is 0.176 e. The molecule has 1 aliphatic heterocycles. The summed E-state index contributed by atoms with van der Waals surface area (Å²) in [5.41, 5.74) is 0.236.